The van der Waals surface area contributed by atoms with Gasteiger partial charge in [0.05, 0.1) is 6.61 Å². The molecule has 65 valence electrons. The van der Waals surface area contributed by atoms with Crippen LogP contribution in [0.1, 0.15) is 5.56 Å². The molecule has 1 N–H and O–H groups in total. The largest absolute Gasteiger partial charge is 0.247 e. The second-order valence-electron chi connectivity index (χ2n) is 2.76. The van der Waals surface area contributed by atoms with E-state index in [4.69, 9.17) is 4.84 Å². The molecule has 1 rings (SSSR count). The van der Waals surface area contributed by atoms with Crippen molar-refractivity contribution >= 4 is 0 Å². The number of benzene rings is 1. The molecule has 0 aliphatic carbocycles. The van der Waals surface area contributed by atoms with Gasteiger partial charge in [0.25, 0.3) is 0 Å². The van der Waals surface area contributed by atoms with E-state index in [0.29, 0.717) is 6.61 Å². The van der Waals surface area contributed by atoms with Crippen molar-refractivity contribution in [2.75, 3.05) is 14.1 Å². The molecule has 1 aromatic rings. The minimum absolute atomic E-state index is 0.582. The number of hydrogen-bond acceptors (Lipinski definition) is 3. The normalized spacial score (nSPS) is 10.6. The van der Waals surface area contributed by atoms with Gasteiger partial charge in [-0.15, -0.1) is 0 Å². The minimum Gasteiger partial charge on any atom is -0.247 e. The van der Waals surface area contributed by atoms with Crippen molar-refractivity contribution < 1.29 is 4.84 Å². The number of nitrogens with one attached hydrogen (secondary N) is 1. The summed E-state index contributed by atoms with van der Waals surface area (Å²) in [6, 6.07) is 10.0. The van der Waals surface area contributed by atoms with E-state index in [9.17, 15) is 0 Å². The molecule has 0 spiro atoms. The first-order chi connectivity index (χ1) is 5.79. The highest BCUT2D eigenvalue weighted by Gasteiger charge is 1.97. The van der Waals surface area contributed by atoms with Gasteiger partial charge in [-0.3, -0.25) is 0 Å². The average Bonchev–Trinajstić information content (AvgIpc) is 2.05. The van der Waals surface area contributed by atoms with Crippen LogP contribution in [0.2, 0.25) is 0 Å². The molecule has 0 fully saturated rings. The van der Waals surface area contributed by atoms with Crippen LogP contribution in [-0.2, 0) is 11.4 Å². The first kappa shape index (κ1) is 9.19. The van der Waals surface area contributed by atoms with E-state index >= 15 is 0 Å². The van der Waals surface area contributed by atoms with Gasteiger partial charge < -0.3 is 0 Å². The van der Waals surface area contributed by atoms with Gasteiger partial charge in [-0.05, 0) is 5.56 Å². The van der Waals surface area contributed by atoms with Gasteiger partial charge in [0.15, 0.2) is 0 Å². The highest BCUT2D eigenvalue weighted by molar-refractivity contribution is 5.13. The summed E-state index contributed by atoms with van der Waals surface area (Å²) in [5.74, 6) is 0. The Hall–Kier alpha value is -0.900. The summed E-state index contributed by atoms with van der Waals surface area (Å²) in [6.07, 6.45) is 0. The fourth-order valence-electron chi connectivity index (χ4n) is 0.819. The van der Waals surface area contributed by atoms with Crippen LogP contribution in [0.15, 0.2) is 30.3 Å². The van der Waals surface area contributed by atoms with E-state index in [0.717, 1.165) is 5.56 Å². The molecule has 0 aromatic heterocycles. The SMILES string of the molecule is C[N+](C)NOCc1ccccc1. The van der Waals surface area contributed by atoms with Crippen molar-refractivity contribution in [2.45, 2.75) is 6.61 Å². The summed E-state index contributed by atoms with van der Waals surface area (Å²) in [5, 5.41) is 1.75. The summed E-state index contributed by atoms with van der Waals surface area (Å²) in [7, 11) is 3.76. The van der Waals surface area contributed by atoms with Crippen molar-refractivity contribution in [1.82, 2.24) is 10.6 Å². The Morgan fingerprint density at radius 2 is 1.92 bits per heavy atom. The van der Waals surface area contributed by atoms with Crippen LogP contribution in [0.5, 0.6) is 0 Å². The Balaban J connectivity index is 2.25. The monoisotopic (exact) mass is 166 g/mol. The topological polar surface area (TPSA) is 27.2 Å². The summed E-state index contributed by atoms with van der Waals surface area (Å²) in [4.78, 5) is 5.16. The maximum absolute atomic E-state index is 5.16. The molecule has 1 radical (unpaired) electrons. The predicted octanol–water partition coefficient (Wildman–Crippen LogP) is 1.02. The van der Waals surface area contributed by atoms with E-state index in [1.807, 2.05) is 44.4 Å². The lowest BCUT2D eigenvalue weighted by atomic mass is 10.2. The zero-order valence-electron chi connectivity index (χ0n) is 7.45. The van der Waals surface area contributed by atoms with Crippen molar-refractivity contribution in [2.24, 2.45) is 0 Å². The van der Waals surface area contributed by atoms with Gasteiger partial charge in [-0.2, -0.15) is 0 Å². The van der Waals surface area contributed by atoms with E-state index in [2.05, 4.69) is 5.59 Å². The van der Waals surface area contributed by atoms with Crippen LogP contribution in [-0.4, -0.2) is 14.1 Å². The number of hydrogen-bond donors (Lipinski definition) is 1. The smallest absolute Gasteiger partial charge is 0.136 e. The van der Waals surface area contributed by atoms with Crippen LogP contribution >= 0.6 is 0 Å². The molecule has 0 aliphatic heterocycles. The highest BCUT2D eigenvalue weighted by atomic mass is 16.7. The van der Waals surface area contributed by atoms with Crippen molar-refractivity contribution in [1.29, 1.82) is 0 Å². The fourth-order valence-corrected chi connectivity index (χ4v) is 0.819. The molecule has 0 heterocycles. The van der Waals surface area contributed by atoms with Crippen molar-refractivity contribution in [3.05, 3.63) is 35.9 Å². The molecule has 0 atom stereocenters. The molecule has 0 amide bonds. The number of hydrazine groups is 1. The summed E-state index contributed by atoms with van der Waals surface area (Å²) in [6.45, 7) is 0.582. The lowest BCUT2D eigenvalue weighted by molar-refractivity contribution is -0.0303. The van der Waals surface area contributed by atoms with Gasteiger partial charge >= 0.3 is 0 Å². The van der Waals surface area contributed by atoms with E-state index in [1.54, 1.807) is 5.01 Å². The second kappa shape index (κ2) is 4.87. The molecule has 0 saturated heterocycles. The lowest BCUT2D eigenvalue weighted by Crippen LogP contribution is -2.35. The average molecular weight is 166 g/mol. The van der Waals surface area contributed by atoms with Crippen LogP contribution < -0.4 is 10.6 Å². The maximum atomic E-state index is 5.16. The molecule has 12 heavy (non-hydrogen) atoms. The first-order valence-corrected chi connectivity index (χ1v) is 3.88. The van der Waals surface area contributed by atoms with Gasteiger partial charge in [0.1, 0.15) is 14.1 Å². The Morgan fingerprint density at radius 3 is 2.50 bits per heavy atom. The van der Waals surface area contributed by atoms with E-state index in [1.165, 1.54) is 0 Å². The summed E-state index contributed by atoms with van der Waals surface area (Å²) >= 11 is 0. The zero-order valence-corrected chi connectivity index (χ0v) is 7.45. The fraction of sp³-hybridized carbons (Fsp3) is 0.333. The van der Waals surface area contributed by atoms with E-state index in [-0.39, 0.29) is 0 Å². The first-order valence-electron chi connectivity index (χ1n) is 3.88. The van der Waals surface area contributed by atoms with Gasteiger partial charge in [-0.1, -0.05) is 35.3 Å². The zero-order chi connectivity index (χ0) is 8.81. The standard InChI is InChI=1S/C9H14N2O/c1-11(2)10-12-8-9-6-4-3-5-7-9/h3-7,10H,8H2,1-2H3/q+1. The van der Waals surface area contributed by atoms with E-state index < -0.39 is 0 Å². The number of rotatable bonds is 4. The molecular formula is C9H14N2O+. The van der Waals surface area contributed by atoms with Crippen LogP contribution in [0, 0.1) is 0 Å². The maximum Gasteiger partial charge on any atom is 0.136 e. The molecule has 0 unspecified atom stereocenters. The third-order valence-corrected chi connectivity index (χ3v) is 1.33. The molecule has 3 heteroatoms. The predicted molar refractivity (Wildman–Crippen MR) is 48.3 cm³/mol. The molecule has 0 bridgehead atoms. The third kappa shape index (κ3) is 3.48. The molecule has 0 saturated carbocycles. The second-order valence-corrected chi connectivity index (χ2v) is 2.76. The molecule has 0 aliphatic rings. The minimum atomic E-state index is 0.582. The van der Waals surface area contributed by atoms with Crippen molar-refractivity contribution in [3.63, 3.8) is 0 Å². The highest BCUT2D eigenvalue weighted by Crippen LogP contribution is 1.98. The lowest BCUT2D eigenvalue weighted by Gasteiger charge is -2.02. The molecular weight excluding hydrogens is 152 g/mol. The molecule has 1 aromatic carbocycles. The quantitative estimate of drug-likeness (QED) is 0.534. The Kier molecular flexibility index (Phi) is 3.73. The molecule has 3 nitrogen and oxygen atoms in total. The summed E-state index contributed by atoms with van der Waals surface area (Å²) < 4.78 is 0. The van der Waals surface area contributed by atoms with Crippen molar-refractivity contribution in [3.8, 4) is 0 Å². The van der Waals surface area contributed by atoms with Gasteiger partial charge in [0, 0.05) is 5.59 Å². The number of nitrogens with zero attached hydrogens (tertiary/aromatic N) is 1. The van der Waals surface area contributed by atoms with Crippen LogP contribution in [0.25, 0.3) is 0 Å². The van der Waals surface area contributed by atoms with Crippen LogP contribution in [0.3, 0.4) is 0 Å². The van der Waals surface area contributed by atoms with Crippen LogP contribution in [0.4, 0.5) is 0 Å². The third-order valence-electron chi connectivity index (χ3n) is 1.33. The summed E-state index contributed by atoms with van der Waals surface area (Å²) in [5.41, 5.74) is 3.89. The van der Waals surface area contributed by atoms with Gasteiger partial charge in [0.2, 0.25) is 0 Å². The Morgan fingerprint density at radius 1 is 1.25 bits per heavy atom. The van der Waals surface area contributed by atoms with Gasteiger partial charge in [-0.25, -0.2) is 4.84 Å². The Bertz CT molecular complexity index is 211. The Labute approximate surface area is 72.9 Å².